The van der Waals surface area contributed by atoms with Crippen molar-refractivity contribution >= 4 is 23.5 Å². The van der Waals surface area contributed by atoms with E-state index in [0.717, 1.165) is 106 Å². The number of nitrogens with zero attached hydrogens (tertiary/aromatic N) is 1. The molecular weight excluding hydrogens is 943 g/mol. The van der Waals surface area contributed by atoms with Crippen LogP contribution in [0.25, 0.3) is 0 Å². The van der Waals surface area contributed by atoms with Crippen LogP contribution in [0.4, 0.5) is 0 Å². The molecule has 3 aliphatic carbocycles. The number of hydrogen-bond donors (Lipinski definition) is 9. The normalized spacial score (nSPS) is 36.1. The van der Waals surface area contributed by atoms with Gasteiger partial charge in [-0.05, 0) is 155 Å². The molecule has 11 atom stereocenters. The number of benzene rings is 1. The average molecular weight is 1030 g/mol. The second-order valence-electron chi connectivity index (χ2n) is 23.4. The van der Waals surface area contributed by atoms with Gasteiger partial charge >= 0.3 is 5.97 Å². The number of allylic oxidation sites excluding steroid dienone is 5. The number of aliphatic imine (C=N–C) groups is 1. The maximum absolute atomic E-state index is 16.0. The molecule has 15 heteroatoms. The van der Waals surface area contributed by atoms with E-state index in [0.29, 0.717) is 50.3 Å². The van der Waals surface area contributed by atoms with Gasteiger partial charge in [0.2, 0.25) is 5.78 Å². The number of cyclic esters (lactones) is 1. The number of nitrogens with one attached hydrogen (secondary N) is 7. The third-order valence-corrected chi connectivity index (χ3v) is 18.3. The minimum Gasteiger partial charge on any atom is -0.459 e. The zero-order chi connectivity index (χ0) is 52.5. The summed E-state index contributed by atoms with van der Waals surface area (Å²) in [4.78, 5) is 52.0. The molecule has 1 aromatic carbocycles. The molecule has 0 aromatic heterocycles. The highest BCUT2D eigenvalue weighted by atomic mass is 16.7. The minimum atomic E-state index is -2.20. The summed E-state index contributed by atoms with van der Waals surface area (Å²) in [6.07, 6.45) is 28.6. The number of Topliss-reactive ketones (excluding diaryl/α,β-unsaturated/α-hetero) is 2. The number of ether oxygens (including phenoxy) is 2. The van der Waals surface area contributed by atoms with Crippen LogP contribution in [0.1, 0.15) is 143 Å². The topological polar surface area (TPSA) is 216 Å². The van der Waals surface area contributed by atoms with Crippen LogP contribution in [-0.2, 0) is 20.7 Å². The van der Waals surface area contributed by atoms with E-state index in [2.05, 4.69) is 93.4 Å². The first-order valence-corrected chi connectivity index (χ1v) is 28.3. The van der Waals surface area contributed by atoms with Gasteiger partial charge in [0.1, 0.15) is 11.9 Å². The Bertz CT molecular complexity index is 2650. The summed E-state index contributed by atoms with van der Waals surface area (Å²) in [5, 5.41) is 35.3. The smallest absolute Gasteiger partial charge is 0.350 e. The summed E-state index contributed by atoms with van der Waals surface area (Å²) in [7, 11) is 3.77. The summed E-state index contributed by atoms with van der Waals surface area (Å²) >= 11 is 0. The fourth-order valence-electron chi connectivity index (χ4n) is 14.5. The van der Waals surface area contributed by atoms with Crippen LogP contribution in [0.3, 0.4) is 0 Å². The first kappa shape index (κ1) is 53.1. The van der Waals surface area contributed by atoms with Gasteiger partial charge in [-0.25, -0.2) is 4.79 Å². The number of rotatable bonds is 13. The molecule has 10 N–H and O–H groups in total. The van der Waals surface area contributed by atoms with Gasteiger partial charge in [0.15, 0.2) is 17.3 Å². The van der Waals surface area contributed by atoms with E-state index in [1.807, 2.05) is 37.5 Å². The van der Waals surface area contributed by atoms with E-state index in [1.165, 1.54) is 16.7 Å². The Kier molecular flexibility index (Phi) is 15.5. The van der Waals surface area contributed by atoms with Crippen molar-refractivity contribution in [3.05, 3.63) is 117 Å². The van der Waals surface area contributed by atoms with Crippen molar-refractivity contribution in [3.8, 4) is 0 Å². The van der Waals surface area contributed by atoms with Crippen molar-refractivity contribution in [2.24, 2.45) is 33.9 Å². The number of carbonyl (C=O) groups excluding carboxylic acids is 3. The number of esters is 1. The highest BCUT2D eigenvalue weighted by Gasteiger charge is 2.85. The lowest BCUT2D eigenvalue weighted by Crippen LogP contribution is -2.55. The highest BCUT2D eigenvalue weighted by Crippen LogP contribution is 2.60. The van der Waals surface area contributed by atoms with Crippen molar-refractivity contribution in [1.29, 1.82) is 0 Å². The van der Waals surface area contributed by atoms with Crippen molar-refractivity contribution in [2.45, 2.75) is 165 Å². The lowest BCUT2D eigenvalue weighted by Gasteiger charge is -2.43. The molecule has 4 bridgehead atoms. The lowest BCUT2D eigenvalue weighted by atomic mass is 9.66. The predicted octanol–water partition coefficient (Wildman–Crippen LogP) is 6.31. The molecule has 11 unspecified atom stereocenters. The number of aliphatic hydroxyl groups excluding tert-OH is 1. The molecule has 15 nitrogen and oxygen atoms in total. The molecular formula is C60H83N9O6. The molecule has 2 saturated heterocycles. The molecule has 404 valence electrons. The van der Waals surface area contributed by atoms with E-state index >= 15 is 14.4 Å². The number of dihydropyridines is 2. The summed E-state index contributed by atoms with van der Waals surface area (Å²) in [6.45, 7) is 8.54. The van der Waals surface area contributed by atoms with Crippen LogP contribution in [0.5, 0.6) is 0 Å². The molecule has 0 radical (unpaired) electrons. The number of guanidine groups is 1. The van der Waals surface area contributed by atoms with Crippen molar-refractivity contribution in [3.63, 3.8) is 0 Å². The Morgan fingerprint density at radius 1 is 1.08 bits per heavy atom. The van der Waals surface area contributed by atoms with E-state index in [1.54, 1.807) is 13.1 Å². The number of carbonyl (C=O) groups is 3. The van der Waals surface area contributed by atoms with E-state index in [-0.39, 0.29) is 60.0 Å². The number of fused-ring (bicyclic) bond motifs is 1. The van der Waals surface area contributed by atoms with Gasteiger partial charge in [0.25, 0.3) is 5.60 Å². The van der Waals surface area contributed by atoms with Gasteiger partial charge in [0.05, 0.1) is 17.9 Å². The number of nitrogens with two attached hydrogens (primary N) is 1. The van der Waals surface area contributed by atoms with Crippen LogP contribution >= 0.6 is 0 Å². The van der Waals surface area contributed by atoms with Crippen molar-refractivity contribution in [1.82, 2.24) is 37.2 Å². The van der Waals surface area contributed by atoms with E-state index < -0.39 is 34.6 Å². The number of aliphatic hydroxyl groups is 1. The molecule has 9 aliphatic rings. The fourth-order valence-corrected chi connectivity index (χ4v) is 14.5. The molecule has 2 fully saturated rings. The monoisotopic (exact) mass is 1030 g/mol. The predicted molar refractivity (Wildman–Crippen MR) is 293 cm³/mol. The zero-order valence-electron chi connectivity index (χ0n) is 45.0. The first-order valence-electron chi connectivity index (χ1n) is 28.3. The van der Waals surface area contributed by atoms with Crippen LogP contribution in [0, 0.1) is 23.2 Å². The molecule has 10 rings (SSSR count). The Hall–Kier alpha value is -5.32. The third kappa shape index (κ3) is 10.1. The number of hydrogen-bond acceptors (Lipinski definition) is 13. The van der Waals surface area contributed by atoms with Crippen molar-refractivity contribution < 1.29 is 29.0 Å². The second-order valence-corrected chi connectivity index (χ2v) is 23.4. The first-order chi connectivity index (χ1) is 36.3. The zero-order valence-corrected chi connectivity index (χ0v) is 45.0. The van der Waals surface area contributed by atoms with E-state index in [9.17, 15) is 5.11 Å². The summed E-state index contributed by atoms with van der Waals surface area (Å²) < 4.78 is 13.6. The number of ketones is 2. The molecule has 75 heavy (non-hydrogen) atoms. The van der Waals surface area contributed by atoms with Crippen LogP contribution < -0.4 is 43.0 Å². The van der Waals surface area contributed by atoms with Gasteiger partial charge < -0.3 is 57.5 Å². The molecule has 1 spiro atoms. The maximum Gasteiger partial charge on any atom is 0.350 e. The molecule has 6 aliphatic heterocycles. The second kappa shape index (κ2) is 22.0. The van der Waals surface area contributed by atoms with Crippen molar-refractivity contribution in [2.75, 3.05) is 40.3 Å². The Balaban J connectivity index is 1.05. The van der Waals surface area contributed by atoms with Crippen LogP contribution in [0.15, 0.2) is 106 Å². The van der Waals surface area contributed by atoms with Gasteiger partial charge in [-0.15, -0.1) is 0 Å². The Morgan fingerprint density at radius 2 is 1.95 bits per heavy atom. The van der Waals surface area contributed by atoms with Gasteiger partial charge in [-0.1, -0.05) is 86.9 Å². The Morgan fingerprint density at radius 3 is 2.73 bits per heavy atom. The highest BCUT2D eigenvalue weighted by molar-refractivity contribution is 6.33. The fraction of sp³-hybridized carbons (Fsp3) is 0.600. The number of epoxide rings is 1. The summed E-state index contributed by atoms with van der Waals surface area (Å²) in [5.74, 6) is 0.647. The molecule has 1 aromatic rings. The van der Waals surface area contributed by atoms with Gasteiger partial charge in [-0.2, -0.15) is 0 Å². The third-order valence-electron chi connectivity index (χ3n) is 18.3. The SMILES string of the molecule is CCNC1C=C2C=CCC3CCCCC(C)(CC4=CNC(N)C=C4)Cc4cccc5c4C(=O)C4(OC4(CC=C(C)CC4(C6=CCNC7=C6CCC(NC)N7)CCCNC(=NC)N4)C5=O)C(=O)OC(CCCO)C1CC23. The number of likely N-dealkylation sites (N-methyl/N-ethyl adjacent to an activating group) is 1. The molecule has 0 amide bonds. The average Bonchev–Trinajstić information content (AvgIpc) is 4.31. The minimum absolute atomic E-state index is 0.00542. The molecule has 6 heterocycles. The van der Waals surface area contributed by atoms with E-state index in [4.69, 9.17) is 15.2 Å². The van der Waals surface area contributed by atoms with Gasteiger partial charge in [-0.3, -0.25) is 14.6 Å². The Labute approximate surface area is 444 Å². The quantitative estimate of drug-likeness (QED) is 0.0459. The summed E-state index contributed by atoms with van der Waals surface area (Å²) in [5.41, 5.74) is 8.52. The van der Waals surface area contributed by atoms with Gasteiger partial charge in [0, 0.05) is 62.5 Å². The maximum atomic E-state index is 16.0. The standard InChI is InChI=1S/C60H83N9O6/c1-6-64-47-31-40-15-9-14-39-13-7-8-25-57(3,34-38-19-21-49(61)67-36-38)35-41-16-10-17-43-51(41)53(72)60(55(73)74-48(18-11-30-70)45(47)32-44(39)40)59(75-60,52(43)71)27-23-37(2)33-58(26-12-28-66-56(63-5)69-58)46-24-29-65-54-42(46)20-22-50(62-4)68-54/h9-10,15-17,19,21,23-24,31,36,39,44-45,47-50,62,64-65,67-68,70H,6-8,11-14,18,20,22,25-30,32-35,61H2,1-5H3,(H2,63,66,69). The largest absolute Gasteiger partial charge is 0.459 e. The van der Waals surface area contributed by atoms with Crippen LogP contribution in [-0.4, -0.2) is 110 Å². The lowest BCUT2D eigenvalue weighted by molar-refractivity contribution is -0.158. The van der Waals surface area contributed by atoms with Crippen LogP contribution in [0.2, 0.25) is 0 Å². The molecule has 0 saturated carbocycles. The summed E-state index contributed by atoms with van der Waals surface area (Å²) in [6, 6.07) is 5.49.